The molecule has 166 valence electrons. The number of hydrogen-bond acceptors (Lipinski definition) is 7. The number of nitrogens with two attached hydrogens (primary N) is 1. The highest BCUT2D eigenvalue weighted by atomic mass is 16.4. The van der Waals surface area contributed by atoms with Gasteiger partial charge in [-0.3, -0.25) is 24.0 Å². The van der Waals surface area contributed by atoms with Crippen molar-refractivity contribution in [3.8, 4) is 0 Å². The summed E-state index contributed by atoms with van der Waals surface area (Å²) in [7, 11) is 0. The highest BCUT2D eigenvalue weighted by Crippen LogP contribution is 2.05. The Bertz CT molecular complexity index is 765. The Hall–Kier alpha value is -3.48. The van der Waals surface area contributed by atoms with E-state index >= 15 is 0 Å². The number of carboxylic acid groups (broad SMARTS) is 2. The predicted octanol–water partition coefficient (Wildman–Crippen LogP) is -2.42. The van der Waals surface area contributed by atoms with Crippen LogP contribution in [0.1, 0.15) is 26.0 Å². The molecule has 30 heavy (non-hydrogen) atoms. The van der Waals surface area contributed by atoms with Crippen LogP contribution in [0.2, 0.25) is 0 Å². The van der Waals surface area contributed by atoms with Crippen LogP contribution in [0.4, 0.5) is 0 Å². The van der Waals surface area contributed by atoms with E-state index in [4.69, 9.17) is 15.9 Å². The highest BCUT2D eigenvalue weighted by Gasteiger charge is 2.31. The van der Waals surface area contributed by atoms with Crippen molar-refractivity contribution in [2.45, 2.75) is 44.8 Å². The van der Waals surface area contributed by atoms with Gasteiger partial charge in [0.1, 0.15) is 18.6 Å². The van der Waals surface area contributed by atoms with Crippen LogP contribution >= 0.6 is 0 Å². The van der Waals surface area contributed by atoms with Crippen molar-refractivity contribution in [1.82, 2.24) is 25.9 Å². The maximum absolute atomic E-state index is 12.6. The van der Waals surface area contributed by atoms with Gasteiger partial charge < -0.3 is 36.9 Å². The molecule has 1 heterocycles. The van der Waals surface area contributed by atoms with Gasteiger partial charge in [0.2, 0.25) is 17.7 Å². The molecule has 3 amide bonds. The molecule has 13 nitrogen and oxygen atoms in total. The summed E-state index contributed by atoms with van der Waals surface area (Å²) in [6.07, 6.45) is 2.22. The molecule has 0 fully saturated rings. The number of aromatic amines is 1. The first-order valence-electron chi connectivity index (χ1n) is 9.06. The van der Waals surface area contributed by atoms with Crippen LogP contribution < -0.4 is 21.7 Å². The predicted molar refractivity (Wildman–Crippen MR) is 102 cm³/mol. The molecule has 1 rings (SSSR count). The van der Waals surface area contributed by atoms with Gasteiger partial charge in [0.15, 0.2) is 0 Å². The van der Waals surface area contributed by atoms with Gasteiger partial charge >= 0.3 is 11.9 Å². The molecule has 0 radical (unpaired) electrons. The van der Waals surface area contributed by atoms with Crippen LogP contribution in [0.3, 0.4) is 0 Å². The number of hydrogen-bond donors (Lipinski definition) is 7. The zero-order valence-corrected chi connectivity index (χ0v) is 16.5. The zero-order valence-electron chi connectivity index (χ0n) is 16.5. The average Bonchev–Trinajstić information content (AvgIpc) is 3.15. The van der Waals surface area contributed by atoms with Crippen molar-refractivity contribution < 1.29 is 34.2 Å². The Morgan fingerprint density at radius 2 is 1.73 bits per heavy atom. The second-order valence-electron chi connectivity index (χ2n) is 6.89. The molecule has 1 aromatic heterocycles. The smallest absolute Gasteiger partial charge is 0.322 e. The Kier molecular flexibility index (Phi) is 9.42. The third-order valence-electron chi connectivity index (χ3n) is 4.00. The second kappa shape index (κ2) is 11.5. The number of aliphatic carboxylic acids is 2. The molecule has 0 bridgehead atoms. The first-order valence-corrected chi connectivity index (χ1v) is 9.06. The monoisotopic (exact) mass is 426 g/mol. The van der Waals surface area contributed by atoms with Crippen LogP contribution in [0.25, 0.3) is 0 Å². The average molecular weight is 426 g/mol. The van der Waals surface area contributed by atoms with E-state index in [0.717, 1.165) is 0 Å². The van der Waals surface area contributed by atoms with Gasteiger partial charge in [-0.05, 0) is 5.92 Å². The fraction of sp³-hybridized carbons (Fsp3) is 0.529. The minimum atomic E-state index is -1.49. The number of carbonyl (C=O) groups excluding carboxylic acids is 3. The molecule has 3 atom stereocenters. The minimum absolute atomic E-state index is 0.0828. The first-order chi connectivity index (χ1) is 14.0. The van der Waals surface area contributed by atoms with Crippen molar-refractivity contribution in [2.24, 2.45) is 11.7 Å². The lowest BCUT2D eigenvalue weighted by Gasteiger charge is -2.25. The van der Waals surface area contributed by atoms with Crippen molar-refractivity contribution in [1.29, 1.82) is 0 Å². The molecular weight excluding hydrogens is 400 g/mol. The Morgan fingerprint density at radius 1 is 1.07 bits per heavy atom. The van der Waals surface area contributed by atoms with Gasteiger partial charge in [-0.25, -0.2) is 4.98 Å². The number of aromatic nitrogens is 2. The first kappa shape index (κ1) is 24.6. The molecular formula is C17H26N6O7. The van der Waals surface area contributed by atoms with Crippen molar-refractivity contribution in [2.75, 3.05) is 6.54 Å². The topological polar surface area (TPSA) is 217 Å². The van der Waals surface area contributed by atoms with Crippen molar-refractivity contribution in [3.05, 3.63) is 18.2 Å². The lowest BCUT2D eigenvalue weighted by Crippen LogP contribution is -2.57. The molecule has 8 N–H and O–H groups in total. The summed E-state index contributed by atoms with van der Waals surface area (Å²) < 4.78 is 0. The summed E-state index contributed by atoms with van der Waals surface area (Å²) in [4.78, 5) is 65.3. The van der Waals surface area contributed by atoms with E-state index in [1.807, 2.05) is 0 Å². The summed E-state index contributed by atoms with van der Waals surface area (Å²) in [5.41, 5.74) is 6.37. The van der Waals surface area contributed by atoms with Gasteiger partial charge in [-0.2, -0.15) is 0 Å². The van der Waals surface area contributed by atoms with E-state index in [9.17, 15) is 24.0 Å². The number of carbonyl (C=O) groups is 5. The van der Waals surface area contributed by atoms with Crippen LogP contribution in [-0.4, -0.2) is 74.5 Å². The van der Waals surface area contributed by atoms with E-state index < -0.39 is 66.7 Å². The van der Waals surface area contributed by atoms with Crippen LogP contribution in [0, 0.1) is 5.92 Å². The third kappa shape index (κ3) is 8.26. The third-order valence-corrected chi connectivity index (χ3v) is 4.00. The molecule has 0 aliphatic carbocycles. The van der Waals surface area contributed by atoms with E-state index in [1.165, 1.54) is 12.5 Å². The fourth-order valence-electron chi connectivity index (χ4n) is 2.45. The highest BCUT2D eigenvalue weighted by molar-refractivity contribution is 5.95. The molecule has 3 unspecified atom stereocenters. The summed E-state index contributed by atoms with van der Waals surface area (Å²) in [6.45, 7) is 2.57. The quantitative estimate of drug-likeness (QED) is 0.189. The van der Waals surface area contributed by atoms with Crippen LogP contribution in [0.5, 0.6) is 0 Å². The van der Waals surface area contributed by atoms with Crippen molar-refractivity contribution >= 4 is 29.7 Å². The van der Waals surface area contributed by atoms with E-state index in [1.54, 1.807) is 13.8 Å². The van der Waals surface area contributed by atoms with Gasteiger partial charge in [-0.1, -0.05) is 13.8 Å². The number of imidazole rings is 1. The molecule has 1 aromatic rings. The number of nitrogens with zero attached hydrogens (tertiary/aromatic N) is 1. The molecule has 0 saturated carbocycles. The SMILES string of the molecule is CC(C)C(NC(=O)C(CC(=O)O)NC(=O)C(N)Cc1cnc[nH]1)C(=O)NCC(=O)O. The number of amides is 3. The largest absolute Gasteiger partial charge is 0.481 e. The lowest BCUT2D eigenvalue weighted by atomic mass is 10.0. The van der Waals surface area contributed by atoms with Gasteiger partial charge in [0, 0.05) is 18.3 Å². The summed E-state index contributed by atoms with van der Waals surface area (Å²) in [5.74, 6) is -5.48. The number of H-pyrrole nitrogens is 1. The summed E-state index contributed by atoms with van der Waals surface area (Å²) in [5, 5.41) is 24.5. The Labute approximate surface area is 171 Å². The van der Waals surface area contributed by atoms with Crippen LogP contribution in [0.15, 0.2) is 12.5 Å². The summed E-state index contributed by atoms with van der Waals surface area (Å²) in [6, 6.07) is -3.70. The normalized spacial score (nSPS) is 13.7. The molecule has 0 aliphatic rings. The summed E-state index contributed by atoms with van der Waals surface area (Å²) >= 11 is 0. The molecule has 0 aromatic carbocycles. The minimum Gasteiger partial charge on any atom is -0.481 e. The number of rotatable bonds is 12. The maximum Gasteiger partial charge on any atom is 0.322 e. The fourth-order valence-corrected chi connectivity index (χ4v) is 2.45. The van der Waals surface area contributed by atoms with Gasteiger partial charge in [0.25, 0.3) is 0 Å². The maximum atomic E-state index is 12.6. The number of carboxylic acids is 2. The Balaban J connectivity index is 2.82. The van der Waals surface area contributed by atoms with Crippen LogP contribution in [-0.2, 0) is 30.4 Å². The molecule has 0 spiro atoms. The van der Waals surface area contributed by atoms with E-state index in [-0.39, 0.29) is 6.42 Å². The lowest BCUT2D eigenvalue weighted by molar-refractivity contribution is -0.142. The molecule has 0 aliphatic heterocycles. The van der Waals surface area contributed by atoms with Gasteiger partial charge in [-0.15, -0.1) is 0 Å². The molecule has 13 heteroatoms. The van der Waals surface area contributed by atoms with E-state index in [0.29, 0.717) is 5.69 Å². The molecule has 0 saturated heterocycles. The standard InChI is InChI=1S/C17H26N6O7/c1-8(2)14(17(30)20-6-13(26)27)23-16(29)11(4-12(24)25)22-15(28)10(18)3-9-5-19-7-21-9/h5,7-8,10-11,14H,3-4,6,18H2,1-2H3,(H,19,21)(H,20,30)(H,22,28)(H,23,29)(H,24,25)(H,26,27). The Morgan fingerprint density at radius 3 is 2.23 bits per heavy atom. The number of nitrogens with one attached hydrogen (secondary N) is 4. The second-order valence-corrected chi connectivity index (χ2v) is 6.89. The zero-order chi connectivity index (χ0) is 22.8. The van der Waals surface area contributed by atoms with Gasteiger partial charge in [0.05, 0.1) is 18.8 Å². The van der Waals surface area contributed by atoms with E-state index in [2.05, 4.69) is 25.9 Å². The van der Waals surface area contributed by atoms with Crippen molar-refractivity contribution in [3.63, 3.8) is 0 Å².